The Labute approximate surface area is 161 Å². The second kappa shape index (κ2) is 13.0. The number of halogens is 1. The third-order valence-electron chi connectivity index (χ3n) is 3.42. The van der Waals surface area contributed by atoms with Gasteiger partial charge in [0.25, 0.3) is 0 Å². The van der Waals surface area contributed by atoms with Crippen LogP contribution in [0, 0.1) is 6.07 Å². The van der Waals surface area contributed by atoms with Crippen LogP contribution in [0.5, 0.6) is 5.75 Å². The Hall–Kier alpha value is -0.514. The first-order valence-electron chi connectivity index (χ1n) is 7.59. The zero-order valence-electron chi connectivity index (χ0n) is 13.4. The van der Waals surface area contributed by atoms with Gasteiger partial charge in [0.05, 0.1) is 6.61 Å². The van der Waals surface area contributed by atoms with Gasteiger partial charge in [-0.1, -0.05) is 44.7 Å². The summed E-state index contributed by atoms with van der Waals surface area (Å²) < 4.78 is 5.77. The molecule has 0 fully saturated rings. The molecule has 1 nitrogen and oxygen atoms in total. The van der Waals surface area contributed by atoms with Gasteiger partial charge in [0.15, 0.2) is 0 Å². The number of rotatable bonds is 8. The SMILES string of the molecule is CCCCCCCOc1ccc(-c2cc[c-]cc2)cc1.[Br-].[Mg+2]. The topological polar surface area (TPSA) is 9.23 Å². The van der Waals surface area contributed by atoms with Crippen LogP contribution in [0.1, 0.15) is 39.0 Å². The molecule has 0 saturated heterocycles. The minimum Gasteiger partial charge on any atom is -1.00 e. The molecular formula is C19H23BrMgO. The molecule has 0 bridgehead atoms. The van der Waals surface area contributed by atoms with Gasteiger partial charge >= 0.3 is 23.1 Å². The van der Waals surface area contributed by atoms with Crippen LogP contribution in [0.2, 0.25) is 0 Å². The van der Waals surface area contributed by atoms with Gasteiger partial charge in [-0.25, -0.2) is 0 Å². The van der Waals surface area contributed by atoms with Crippen molar-refractivity contribution in [3.63, 3.8) is 0 Å². The summed E-state index contributed by atoms with van der Waals surface area (Å²) in [6.45, 7) is 3.06. The third kappa shape index (κ3) is 7.66. The van der Waals surface area contributed by atoms with Crippen LogP contribution in [0.3, 0.4) is 0 Å². The number of hydrogen-bond donors (Lipinski definition) is 0. The molecule has 0 unspecified atom stereocenters. The smallest absolute Gasteiger partial charge is 1.00 e. The van der Waals surface area contributed by atoms with Gasteiger partial charge < -0.3 is 21.7 Å². The maximum atomic E-state index is 5.77. The molecule has 0 aromatic heterocycles. The molecule has 2 aromatic carbocycles. The molecule has 0 spiro atoms. The predicted molar refractivity (Wildman–Crippen MR) is 90.7 cm³/mol. The molecule has 0 N–H and O–H groups in total. The second-order valence-electron chi connectivity index (χ2n) is 5.08. The van der Waals surface area contributed by atoms with E-state index in [9.17, 15) is 0 Å². The van der Waals surface area contributed by atoms with Crippen molar-refractivity contribution in [1.82, 2.24) is 0 Å². The average Bonchev–Trinajstić information content (AvgIpc) is 2.52. The normalized spacial score (nSPS) is 9.50. The number of ether oxygens (including phenoxy) is 1. The minimum atomic E-state index is 0. The van der Waals surface area contributed by atoms with E-state index in [0.29, 0.717) is 0 Å². The third-order valence-corrected chi connectivity index (χ3v) is 3.42. The van der Waals surface area contributed by atoms with E-state index < -0.39 is 0 Å². The summed E-state index contributed by atoms with van der Waals surface area (Å²) in [5, 5.41) is 0. The van der Waals surface area contributed by atoms with Gasteiger partial charge in [0, 0.05) is 0 Å². The first-order valence-corrected chi connectivity index (χ1v) is 7.59. The summed E-state index contributed by atoms with van der Waals surface area (Å²) >= 11 is 0. The van der Waals surface area contributed by atoms with Crippen LogP contribution in [0.15, 0.2) is 48.5 Å². The van der Waals surface area contributed by atoms with Gasteiger partial charge in [0.1, 0.15) is 5.75 Å². The van der Waals surface area contributed by atoms with E-state index in [0.717, 1.165) is 18.8 Å². The Balaban J connectivity index is 0.00000220. The fourth-order valence-electron chi connectivity index (χ4n) is 2.22. The summed E-state index contributed by atoms with van der Waals surface area (Å²) in [5.74, 6) is 0.965. The maximum Gasteiger partial charge on any atom is 2.00 e. The first-order chi connectivity index (χ1) is 9.90. The van der Waals surface area contributed by atoms with Crippen LogP contribution in [0.4, 0.5) is 0 Å². The van der Waals surface area contributed by atoms with Gasteiger partial charge in [0.2, 0.25) is 0 Å². The van der Waals surface area contributed by atoms with Gasteiger partial charge in [-0.3, -0.25) is 0 Å². The Morgan fingerprint density at radius 1 is 0.818 bits per heavy atom. The Kier molecular flexibility index (Phi) is 12.7. The summed E-state index contributed by atoms with van der Waals surface area (Å²) in [6, 6.07) is 19.4. The van der Waals surface area contributed by atoms with Crippen LogP contribution in [0.25, 0.3) is 11.1 Å². The van der Waals surface area contributed by atoms with Crippen molar-refractivity contribution >= 4 is 23.1 Å². The average molecular weight is 372 g/mol. The molecule has 0 radical (unpaired) electrons. The Morgan fingerprint density at radius 3 is 2.05 bits per heavy atom. The van der Waals surface area contributed by atoms with Gasteiger partial charge in [-0.15, -0.1) is 5.56 Å². The van der Waals surface area contributed by atoms with Crippen LogP contribution in [-0.4, -0.2) is 29.7 Å². The standard InChI is InChI=1S/C19H23O.BrH.Mg/c1-2-3-4-5-9-16-20-19-14-12-18(13-15-19)17-10-7-6-8-11-17;;/h7-8,10-15H,2-5,9,16H2,1H3;1H;/q-1;;+2/p-1. The number of benzene rings is 2. The minimum absolute atomic E-state index is 0. The predicted octanol–water partition coefficient (Wildman–Crippen LogP) is 2.13. The van der Waals surface area contributed by atoms with Crippen molar-refractivity contribution in [2.45, 2.75) is 39.0 Å². The molecule has 22 heavy (non-hydrogen) atoms. The van der Waals surface area contributed by atoms with Crippen molar-refractivity contribution < 1.29 is 21.7 Å². The van der Waals surface area contributed by atoms with Crippen molar-refractivity contribution in [2.24, 2.45) is 0 Å². The first kappa shape index (κ1) is 21.5. The van der Waals surface area contributed by atoms with Crippen molar-refractivity contribution in [2.75, 3.05) is 6.61 Å². The summed E-state index contributed by atoms with van der Waals surface area (Å²) in [5.41, 5.74) is 2.43. The molecule has 0 amide bonds. The van der Waals surface area contributed by atoms with E-state index in [1.54, 1.807) is 0 Å². The van der Waals surface area contributed by atoms with Gasteiger partial charge in [-0.2, -0.15) is 30.3 Å². The van der Waals surface area contributed by atoms with Crippen molar-refractivity contribution in [3.8, 4) is 16.9 Å². The fourth-order valence-corrected chi connectivity index (χ4v) is 2.22. The molecule has 0 aliphatic rings. The quantitative estimate of drug-likeness (QED) is 0.392. The summed E-state index contributed by atoms with van der Waals surface area (Å²) in [6.07, 6.45) is 6.37. The van der Waals surface area contributed by atoms with E-state index in [1.165, 1.54) is 36.8 Å². The van der Waals surface area contributed by atoms with Crippen LogP contribution < -0.4 is 21.7 Å². The molecule has 0 atom stereocenters. The Bertz CT molecular complexity index is 485. The van der Waals surface area contributed by atoms with Crippen LogP contribution in [-0.2, 0) is 0 Å². The number of unbranched alkanes of at least 4 members (excludes halogenated alkanes) is 4. The molecule has 0 aliphatic carbocycles. The van der Waals surface area contributed by atoms with Crippen LogP contribution >= 0.6 is 0 Å². The zero-order valence-corrected chi connectivity index (χ0v) is 16.4. The largest absolute Gasteiger partial charge is 2.00 e. The summed E-state index contributed by atoms with van der Waals surface area (Å²) in [4.78, 5) is 0. The molecule has 0 heterocycles. The molecule has 3 heteroatoms. The molecule has 114 valence electrons. The van der Waals surface area contributed by atoms with Crippen molar-refractivity contribution in [1.29, 1.82) is 0 Å². The molecular weight excluding hydrogens is 348 g/mol. The monoisotopic (exact) mass is 370 g/mol. The second-order valence-corrected chi connectivity index (χ2v) is 5.08. The number of hydrogen-bond acceptors (Lipinski definition) is 1. The van der Waals surface area contributed by atoms with Gasteiger partial charge in [-0.05, 0) is 24.1 Å². The molecule has 0 saturated carbocycles. The molecule has 0 aliphatic heterocycles. The Morgan fingerprint density at radius 2 is 1.41 bits per heavy atom. The molecule has 2 rings (SSSR count). The van der Waals surface area contributed by atoms with E-state index >= 15 is 0 Å². The van der Waals surface area contributed by atoms with E-state index in [1.807, 2.05) is 12.1 Å². The molecule has 2 aromatic rings. The maximum absolute atomic E-state index is 5.77. The van der Waals surface area contributed by atoms with Crippen molar-refractivity contribution in [3.05, 3.63) is 54.6 Å². The summed E-state index contributed by atoms with van der Waals surface area (Å²) in [7, 11) is 0. The van der Waals surface area contributed by atoms with E-state index in [4.69, 9.17) is 4.74 Å². The fraction of sp³-hybridized carbons (Fsp3) is 0.368. The zero-order chi connectivity index (χ0) is 14.0. The van der Waals surface area contributed by atoms with E-state index in [2.05, 4.69) is 49.4 Å². The van der Waals surface area contributed by atoms with E-state index in [-0.39, 0.29) is 40.0 Å².